The number of unbranched alkanes of at least 4 members (excludes halogenated alkanes) is 10. The van der Waals surface area contributed by atoms with E-state index in [-0.39, 0.29) is 12.1 Å². The Hall–Kier alpha value is -0.610. The van der Waals surface area contributed by atoms with Gasteiger partial charge >= 0.3 is 5.97 Å². The van der Waals surface area contributed by atoms with Crippen molar-refractivity contribution in [2.24, 2.45) is 0 Å². The predicted octanol–water partition coefficient (Wildman–Crippen LogP) is 5.41. The van der Waals surface area contributed by atoms with Crippen LogP contribution in [0.25, 0.3) is 0 Å². The van der Waals surface area contributed by atoms with Crippen molar-refractivity contribution in [3.05, 3.63) is 0 Å². The zero-order chi connectivity index (χ0) is 18.6. The van der Waals surface area contributed by atoms with Crippen LogP contribution < -0.4 is 0 Å². The summed E-state index contributed by atoms with van der Waals surface area (Å²) in [6.07, 6.45) is 16.8. The van der Waals surface area contributed by atoms with Crippen LogP contribution in [0.5, 0.6) is 0 Å². The van der Waals surface area contributed by atoms with Crippen molar-refractivity contribution in [3.8, 4) is 0 Å². The van der Waals surface area contributed by atoms with Crippen molar-refractivity contribution < 1.29 is 19.4 Å². The van der Waals surface area contributed by atoms with E-state index in [4.69, 9.17) is 9.47 Å². The van der Waals surface area contributed by atoms with Gasteiger partial charge in [0, 0.05) is 13.5 Å². The number of methoxy groups -OCH3 is 1. The monoisotopic (exact) mass is 358 g/mol. The second kappa shape index (κ2) is 19.7. The third-order valence-electron chi connectivity index (χ3n) is 4.61. The number of aliphatic hydroxyl groups excluding tert-OH is 1. The number of esters is 1. The Morgan fingerprint density at radius 1 is 0.800 bits per heavy atom. The summed E-state index contributed by atoms with van der Waals surface area (Å²) in [5.74, 6) is -0.106. The Balaban J connectivity index is 3.19. The number of rotatable bonds is 19. The van der Waals surface area contributed by atoms with Crippen LogP contribution in [0.3, 0.4) is 0 Å². The van der Waals surface area contributed by atoms with Gasteiger partial charge in [-0.2, -0.15) is 0 Å². The summed E-state index contributed by atoms with van der Waals surface area (Å²) in [5, 5.41) is 9.92. The topological polar surface area (TPSA) is 55.8 Å². The van der Waals surface area contributed by atoms with Crippen LogP contribution >= 0.6 is 0 Å². The van der Waals surface area contributed by atoms with Gasteiger partial charge in [-0.25, -0.2) is 0 Å². The summed E-state index contributed by atoms with van der Waals surface area (Å²) in [5.41, 5.74) is 0. The van der Waals surface area contributed by atoms with Gasteiger partial charge in [-0.1, -0.05) is 77.6 Å². The molecule has 0 amide bonds. The fraction of sp³-hybridized carbons (Fsp3) is 0.952. The van der Waals surface area contributed by atoms with Crippen molar-refractivity contribution in [2.75, 3.05) is 20.3 Å². The van der Waals surface area contributed by atoms with E-state index >= 15 is 0 Å². The Labute approximate surface area is 155 Å². The summed E-state index contributed by atoms with van der Waals surface area (Å²) < 4.78 is 9.86. The molecule has 0 radical (unpaired) electrons. The maximum atomic E-state index is 11.4. The van der Waals surface area contributed by atoms with Crippen LogP contribution in [0, 0.1) is 0 Å². The molecule has 0 aliphatic carbocycles. The highest BCUT2D eigenvalue weighted by molar-refractivity contribution is 5.69. The van der Waals surface area contributed by atoms with Crippen LogP contribution in [0.4, 0.5) is 0 Å². The molecular formula is C21H42O4. The molecule has 0 rings (SSSR count). The van der Waals surface area contributed by atoms with E-state index in [9.17, 15) is 9.90 Å². The SMILES string of the molecule is CCCCCC[C@H](O)CCCCCCCCCCC(=O)OCCOC. The lowest BCUT2D eigenvalue weighted by Gasteiger charge is -2.10. The molecule has 4 heteroatoms. The van der Waals surface area contributed by atoms with E-state index in [1.54, 1.807) is 7.11 Å². The standard InChI is InChI=1S/C21H42O4/c1-3-4-5-12-15-20(22)16-13-10-8-6-7-9-11-14-17-21(23)25-19-18-24-2/h20,22H,3-19H2,1-2H3/t20-/m0/s1. The lowest BCUT2D eigenvalue weighted by atomic mass is 10.0. The van der Waals surface area contributed by atoms with E-state index < -0.39 is 0 Å². The van der Waals surface area contributed by atoms with Crippen molar-refractivity contribution in [2.45, 2.75) is 109 Å². The van der Waals surface area contributed by atoms with Crippen molar-refractivity contribution in [3.63, 3.8) is 0 Å². The molecule has 0 aromatic carbocycles. The third-order valence-corrected chi connectivity index (χ3v) is 4.61. The Morgan fingerprint density at radius 2 is 1.32 bits per heavy atom. The quantitative estimate of drug-likeness (QED) is 0.248. The number of carbonyl (C=O) groups is 1. The normalized spacial score (nSPS) is 12.3. The first-order valence-corrected chi connectivity index (χ1v) is 10.5. The zero-order valence-electron chi connectivity index (χ0n) is 16.8. The van der Waals surface area contributed by atoms with Gasteiger partial charge < -0.3 is 14.6 Å². The predicted molar refractivity (Wildman–Crippen MR) is 104 cm³/mol. The molecule has 0 aliphatic heterocycles. The van der Waals surface area contributed by atoms with Crippen LogP contribution in [-0.4, -0.2) is 37.5 Å². The minimum Gasteiger partial charge on any atom is -0.463 e. The lowest BCUT2D eigenvalue weighted by molar-refractivity contribution is -0.145. The minimum atomic E-state index is -0.106. The number of hydrogen-bond acceptors (Lipinski definition) is 4. The first kappa shape index (κ1) is 24.4. The average molecular weight is 359 g/mol. The largest absolute Gasteiger partial charge is 0.463 e. The number of hydrogen-bond donors (Lipinski definition) is 1. The Kier molecular flexibility index (Phi) is 19.2. The van der Waals surface area contributed by atoms with E-state index in [2.05, 4.69) is 6.92 Å². The first-order valence-electron chi connectivity index (χ1n) is 10.5. The van der Waals surface area contributed by atoms with Gasteiger partial charge in [0.2, 0.25) is 0 Å². The molecule has 4 nitrogen and oxygen atoms in total. The molecule has 25 heavy (non-hydrogen) atoms. The number of carbonyl (C=O) groups excluding carboxylic acids is 1. The van der Waals surface area contributed by atoms with Crippen LogP contribution in [0.1, 0.15) is 103 Å². The number of ether oxygens (including phenoxy) is 2. The van der Waals surface area contributed by atoms with Crippen molar-refractivity contribution in [1.82, 2.24) is 0 Å². The fourth-order valence-corrected chi connectivity index (χ4v) is 2.97. The molecule has 0 unspecified atom stereocenters. The first-order chi connectivity index (χ1) is 12.2. The van der Waals surface area contributed by atoms with Gasteiger partial charge in [0.25, 0.3) is 0 Å². The van der Waals surface area contributed by atoms with Crippen LogP contribution in [-0.2, 0) is 14.3 Å². The maximum absolute atomic E-state index is 11.4. The molecule has 0 aromatic heterocycles. The van der Waals surface area contributed by atoms with Gasteiger partial charge in [-0.15, -0.1) is 0 Å². The highest BCUT2D eigenvalue weighted by atomic mass is 16.6. The highest BCUT2D eigenvalue weighted by Crippen LogP contribution is 2.14. The Bertz CT molecular complexity index is 281. The zero-order valence-corrected chi connectivity index (χ0v) is 16.8. The molecule has 0 aromatic rings. The highest BCUT2D eigenvalue weighted by Gasteiger charge is 2.04. The van der Waals surface area contributed by atoms with Crippen LogP contribution in [0.2, 0.25) is 0 Å². The summed E-state index contributed by atoms with van der Waals surface area (Å²) in [6, 6.07) is 0. The van der Waals surface area contributed by atoms with Crippen molar-refractivity contribution >= 4 is 5.97 Å². The summed E-state index contributed by atoms with van der Waals surface area (Å²) in [6.45, 7) is 3.05. The molecule has 0 saturated carbocycles. The van der Waals surface area contributed by atoms with Gasteiger partial charge in [0.05, 0.1) is 12.7 Å². The van der Waals surface area contributed by atoms with Gasteiger partial charge in [0.1, 0.15) is 6.61 Å². The van der Waals surface area contributed by atoms with Gasteiger partial charge in [-0.05, 0) is 19.3 Å². The molecular weight excluding hydrogens is 316 g/mol. The molecule has 0 heterocycles. The molecule has 0 saturated heterocycles. The lowest BCUT2D eigenvalue weighted by Crippen LogP contribution is -2.09. The fourth-order valence-electron chi connectivity index (χ4n) is 2.97. The Morgan fingerprint density at radius 3 is 1.88 bits per heavy atom. The van der Waals surface area contributed by atoms with Crippen LogP contribution in [0.15, 0.2) is 0 Å². The average Bonchev–Trinajstić information content (AvgIpc) is 2.60. The van der Waals surface area contributed by atoms with E-state index in [1.165, 1.54) is 57.8 Å². The molecule has 150 valence electrons. The second-order valence-corrected chi connectivity index (χ2v) is 7.08. The van der Waals surface area contributed by atoms with E-state index in [0.29, 0.717) is 19.6 Å². The summed E-state index contributed by atoms with van der Waals surface area (Å²) >= 11 is 0. The summed E-state index contributed by atoms with van der Waals surface area (Å²) in [4.78, 5) is 11.4. The number of aliphatic hydroxyl groups is 1. The molecule has 0 aliphatic rings. The second-order valence-electron chi connectivity index (χ2n) is 7.08. The molecule has 0 fully saturated rings. The summed E-state index contributed by atoms with van der Waals surface area (Å²) in [7, 11) is 1.60. The van der Waals surface area contributed by atoms with Gasteiger partial charge in [0.15, 0.2) is 0 Å². The third kappa shape index (κ3) is 19.6. The smallest absolute Gasteiger partial charge is 0.305 e. The molecule has 1 N–H and O–H groups in total. The van der Waals surface area contributed by atoms with Crippen molar-refractivity contribution in [1.29, 1.82) is 0 Å². The molecule has 0 spiro atoms. The van der Waals surface area contributed by atoms with E-state index in [1.807, 2.05) is 0 Å². The molecule has 1 atom stereocenters. The van der Waals surface area contributed by atoms with E-state index in [0.717, 1.165) is 32.1 Å². The molecule has 0 bridgehead atoms. The minimum absolute atomic E-state index is 0.0829. The van der Waals surface area contributed by atoms with Gasteiger partial charge in [-0.3, -0.25) is 4.79 Å². The maximum Gasteiger partial charge on any atom is 0.305 e.